The van der Waals surface area contributed by atoms with Gasteiger partial charge < -0.3 is 10.8 Å². The summed E-state index contributed by atoms with van der Waals surface area (Å²) >= 11 is 0. The Morgan fingerprint density at radius 1 is 1.64 bits per heavy atom. The van der Waals surface area contributed by atoms with Crippen molar-refractivity contribution in [3.05, 3.63) is 23.8 Å². The van der Waals surface area contributed by atoms with E-state index in [2.05, 4.69) is 15.1 Å². The summed E-state index contributed by atoms with van der Waals surface area (Å²) in [6, 6.07) is 1.66. The van der Waals surface area contributed by atoms with E-state index in [1.165, 1.54) is 10.7 Å². The van der Waals surface area contributed by atoms with Crippen LogP contribution in [0, 0.1) is 0 Å². The standard InChI is InChI=1S/C7H7N5O2/c8-3-4-1-2-9-7-10-5(6(13)14)11-12(4)7/h1-2H,3,8H2,(H,13,14). The number of rotatable bonds is 2. The van der Waals surface area contributed by atoms with Gasteiger partial charge in [-0.1, -0.05) is 0 Å². The predicted molar refractivity (Wildman–Crippen MR) is 45.6 cm³/mol. The van der Waals surface area contributed by atoms with Gasteiger partial charge in [0.1, 0.15) is 0 Å². The van der Waals surface area contributed by atoms with Crippen molar-refractivity contribution in [2.24, 2.45) is 5.73 Å². The molecule has 0 spiro atoms. The second-order valence-electron chi connectivity index (χ2n) is 2.59. The van der Waals surface area contributed by atoms with Gasteiger partial charge in [-0.25, -0.2) is 9.78 Å². The molecule has 0 aliphatic heterocycles. The van der Waals surface area contributed by atoms with Crippen LogP contribution in [-0.4, -0.2) is 30.7 Å². The molecule has 0 saturated carbocycles. The van der Waals surface area contributed by atoms with E-state index in [0.29, 0.717) is 5.69 Å². The maximum atomic E-state index is 10.6. The summed E-state index contributed by atoms with van der Waals surface area (Å²) in [6.45, 7) is 0.251. The van der Waals surface area contributed by atoms with Gasteiger partial charge in [-0.2, -0.15) is 9.50 Å². The van der Waals surface area contributed by atoms with Crippen LogP contribution in [0.4, 0.5) is 0 Å². The molecule has 0 bridgehead atoms. The second kappa shape index (κ2) is 3.04. The molecule has 0 aliphatic carbocycles. The summed E-state index contributed by atoms with van der Waals surface area (Å²) in [7, 11) is 0. The molecule has 7 heteroatoms. The highest BCUT2D eigenvalue weighted by molar-refractivity contribution is 5.83. The number of aromatic nitrogens is 4. The first-order valence-corrected chi connectivity index (χ1v) is 3.86. The molecule has 0 atom stereocenters. The number of fused-ring (bicyclic) bond motifs is 1. The third-order valence-electron chi connectivity index (χ3n) is 1.72. The quantitative estimate of drug-likeness (QED) is 0.651. The average Bonchev–Trinajstić information content (AvgIpc) is 2.60. The maximum absolute atomic E-state index is 10.6. The Labute approximate surface area is 78.2 Å². The van der Waals surface area contributed by atoms with Crippen LogP contribution < -0.4 is 5.73 Å². The Morgan fingerprint density at radius 2 is 2.43 bits per heavy atom. The Balaban J connectivity index is 2.70. The zero-order valence-corrected chi connectivity index (χ0v) is 7.08. The van der Waals surface area contributed by atoms with Crippen LogP contribution >= 0.6 is 0 Å². The largest absolute Gasteiger partial charge is 0.475 e. The minimum absolute atomic E-state index is 0.241. The van der Waals surface area contributed by atoms with E-state index < -0.39 is 5.97 Å². The number of carboxylic acids is 1. The number of hydrogen-bond donors (Lipinski definition) is 2. The van der Waals surface area contributed by atoms with Crippen molar-refractivity contribution in [3.8, 4) is 0 Å². The van der Waals surface area contributed by atoms with E-state index in [1.54, 1.807) is 6.07 Å². The minimum Gasteiger partial charge on any atom is -0.475 e. The molecule has 0 fully saturated rings. The van der Waals surface area contributed by atoms with Gasteiger partial charge in [0.15, 0.2) is 0 Å². The SMILES string of the molecule is NCc1ccnc2nc(C(=O)O)nn12. The molecule has 2 aromatic rings. The molecule has 0 aromatic carbocycles. The normalized spacial score (nSPS) is 10.6. The van der Waals surface area contributed by atoms with Gasteiger partial charge in [0.05, 0.1) is 5.69 Å². The molecule has 0 amide bonds. The van der Waals surface area contributed by atoms with Crippen LogP contribution in [0.15, 0.2) is 12.3 Å². The lowest BCUT2D eigenvalue weighted by Crippen LogP contribution is -2.06. The summed E-state index contributed by atoms with van der Waals surface area (Å²) in [6.07, 6.45) is 1.51. The number of nitrogens with zero attached hydrogens (tertiary/aromatic N) is 4. The lowest BCUT2D eigenvalue weighted by molar-refractivity contribution is 0.0684. The second-order valence-corrected chi connectivity index (χ2v) is 2.59. The highest BCUT2D eigenvalue weighted by atomic mass is 16.4. The molecule has 0 aliphatic rings. The first kappa shape index (κ1) is 8.57. The predicted octanol–water partition coefficient (Wildman–Crippen LogP) is -0.719. The summed E-state index contributed by atoms with van der Waals surface area (Å²) in [4.78, 5) is 18.1. The van der Waals surface area contributed by atoms with Crippen LogP contribution in [0.25, 0.3) is 5.78 Å². The lowest BCUT2D eigenvalue weighted by atomic mass is 10.4. The molecular formula is C7H7N5O2. The first-order chi connectivity index (χ1) is 6.72. The zero-order chi connectivity index (χ0) is 10.1. The molecule has 72 valence electrons. The first-order valence-electron chi connectivity index (χ1n) is 3.86. The van der Waals surface area contributed by atoms with Crippen molar-refractivity contribution in [2.75, 3.05) is 0 Å². The topological polar surface area (TPSA) is 106 Å². The third kappa shape index (κ3) is 1.19. The van der Waals surface area contributed by atoms with Gasteiger partial charge in [-0.3, -0.25) is 0 Å². The number of nitrogens with two attached hydrogens (primary N) is 1. The van der Waals surface area contributed by atoms with E-state index in [0.717, 1.165) is 0 Å². The van der Waals surface area contributed by atoms with Gasteiger partial charge in [0.2, 0.25) is 0 Å². The maximum Gasteiger partial charge on any atom is 0.375 e. The Bertz CT molecular complexity index is 492. The summed E-state index contributed by atoms with van der Waals surface area (Å²) in [5, 5.41) is 12.4. The van der Waals surface area contributed by atoms with Gasteiger partial charge in [0, 0.05) is 12.7 Å². The monoisotopic (exact) mass is 193 g/mol. The Kier molecular flexibility index (Phi) is 1.86. The van der Waals surface area contributed by atoms with Crippen molar-refractivity contribution in [1.82, 2.24) is 19.6 Å². The van der Waals surface area contributed by atoms with Crippen LogP contribution in [-0.2, 0) is 6.54 Å². The molecule has 2 rings (SSSR count). The fourth-order valence-corrected chi connectivity index (χ4v) is 1.09. The van der Waals surface area contributed by atoms with Crippen molar-refractivity contribution in [1.29, 1.82) is 0 Å². The zero-order valence-electron chi connectivity index (χ0n) is 7.08. The number of carbonyl (C=O) groups is 1. The molecule has 3 N–H and O–H groups in total. The fraction of sp³-hybridized carbons (Fsp3) is 0.143. The van der Waals surface area contributed by atoms with Crippen LogP contribution in [0.1, 0.15) is 16.3 Å². The van der Waals surface area contributed by atoms with E-state index in [9.17, 15) is 4.79 Å². The molecular weight excluding hydrogens is 186 g/mol. The lowest BCUT2D eigenvalue weighted by Gasteiger charge is -1.97. The minimum atomic E-state index is -1.18. The van der Waals surface area contributed by atoms with Crippen molar-refractivity contribution in [2.45, 2.75) is 6.54 Å². The fourth-order valence-electron chi connectivity index (χ4n) is 1.09. The highest BCUT2D eigenvalue weighted by Crippen LogP contribution is 2.02. The molecule has 0 radical (unpaired) electrons. The molecule has 2 aromatic heterocycles. The van der Waals surface area contributed by atoms with Crippen molar-refractivity contribution in [3.63, 3.8) is 0 Å². The Morgan fingerprint density at radius 3 is 3.07 bits per heavy atom. The molecule has 7 nitrogen and oxygen atoms in total. The van der Waals surface area contributed by atoms with Gasteiger partial charge >= 0.3 is 5.97 Å². The number of aromatic carboxylic acids is 1. The number of hydrogen-bond acceptors (Lipinski definition) is 5. The molecule has 14 heavy (non-hydrogen) atoms. The van der Waals surface area contributed by atoms with Crippen LogP contribution in [0.5, 0.6) is 0 Å². The summed E-state index contributed by atoms with van der Waals surface area (Å²) in [5.74, 6) is -1.22. The summed E-state index contributed by atoms with van der Waals surface area (Å²) < 4.78 is 1.32. The average molecular weight is 193 g/mol. The summed E-state index contributed by atoms with van der Waals surface area (Å²) in [5.41, 5.74) is 6.10. The van der Waals surface area contributed by atoms with Gasteiger partial charge in [-0.05, 0) is 6.07 Å². The number of carboxylic acid groups (broad SMARTS) is 1. The van der Waals surface area contributed by atoms with Crippen molar-refractivity contribution < 1.29 is 9.90 Å². The molecule has 0 saturated heterocycles. The van der Waals surface area contributed by atoms with Crippen LogP contribution in [0.2, 0.25) is 0 Å². The Hall–Kier alpha value is -2.02. The van der Waals surface area contributed by atoms with Crippen molar-refractivity contribution >= 4 is 11.7 Å². The van der Waals surface area contributed by atoms with Gasteiger partial charge in [0.25, 0.3) is 11.6 Å². The molecule has 2 heterocycles. The highest BCUT2D eigenvalue weighted by Gasteiger charge is 2.12. The van der Waals surface area contributed by atoms with Gasteiger partial charge in [-0.15, -0.1) is 5.10 Å². The third-order valence-corrected chi connectivity index (χ3v) is 1.72. The van der Waals surface area contributed by atoms with E-state index in [-0.39, 0.29) is 18.1 Å². The molecule has 0 unspecified atom stereocenters. The van der Waals surface area contributed by atoms with E-state index in [1.807, 2.05) is 0 Å². The van der Waals surface area contributed by atoms with E-state index in [4.69, 9.17) is 10.8 Å². The van der Waals surface area contributed by atoms with Crippen LogP contribution in [0.3, 0.4) is 0 Å². The van der Waals surface area contributed by atoms with E-state index >= 15 is 0 Å². The smallest absolute Gasteiger partial charge is 0.375 e.